The number of amides is 1. The summed E-state index contributed by atoms with van der Waals surface area (Å²) in [6.07, 6.45) is -4.92. The maximum Gasteiger partial charge on any atom is 0.416 e. The Morgan fingerprint density at radius 2 is 1.69 bits per heavy atom. The summed E-state index contributed by atoms with van der Waals surface area (Å²) in [5.74, 6) is 0. The van der Waals surface area contributed by atoms with Crippen LogP contribution in [0.2, 0.25) is 0 Å². The molecule has 1 atom stereocenters. The minimum absolute atomic E-state index is 0.435. The van der Waals surface area contributed by atoms with E-state index in [1.54, 1.807) is 45.0 Å². The molecular weight excluding hydrogens is 385 g/mol. The molecule has 0 saturated heterocycles. The summed E-state index contributed by atoms with van der Waals surface area (Å²) in [7, 11) is 0. The minimum atomic E-state index is -4.37. The predicted molar refractivity (Wildman–Crippen MR) is 103 cm³/mol. The molecule has 1 N–H and O–H groups in total. The van der Waals surface area contributed by atoms with Gasteiger partial charge < -0.3 is 9.57 Å². The molecule has 8 heteroatoms. The molecule has 0 aliphatic carbocycles. The SMILES string of the molecule is CC(C)(C)OC(=O)Nc1ccc(C2=NOC(c3ccc(C(F)(F)F)cc3)C2)cc1. The lowest BCUT2D eigenvalue weighted by molar-refractivity contribution is -0.137. The third kappa shape index (κ3) is 5.49. The topological polar surface area (TPSA) is 59.9 Å². The van der Waals surface area contributed by atoms with Gasteiger partial charge >= 0.3 is 12.3 Å². The molecule has 2 aromatic carbocycles. The highest BCUT2D eigenvalue weighted by molar-refractivity contribution is 6.01. The summed E-state index contributed by atoms with van der Waals surface area (Å²) in [6, 6.07) is 11.9. The van der Waals surface area contributed by atoms with Crippen molar-refractivity contribution in [3.8, 4) is 0 Å². The monoisotopic (exact) mass is 406 g/mol. The van der Waals surface area contributed by atoms with Crippen LogP contribution in [0.4, 0.5) is 23.7 Å². The van der Waals surface area contributed by atoms with Crippen LogP contribution in [0.15, 0.2) is 53.7 Å². The van der Waals surface area contributed by atoms with Gasteiger partial charge in [-0.2, -0.15) is 13.2 Å². The van der Waals surface area contributed by atoms with E-state index in [2.05, 4.69) is 10.5 Å². The van der Waals surface area contributed by atoms with Crippen molar-refractivity contribution in [3.05, 3.63) is 65.2 Å². The Morgan fingerprint density at radius 1 is 1.07 bits per heavy atom. The second-order valence-electron chi connectivity index (χ2n) is 7.66. The summed E-state index contributed by atoms with van der Waals surface area (Å²) < 4.78 is 43.3. The van der Waals surface area contributed by atoms with Crippen LogP contribution in [0.3, 0.4) is 0 Å². The number of hydrogen-bond donors (Lipinski definition) is 1. The molecule has 1 aliphatic rings. The molecule has 5 nitrogen and oxygen atoms in total. The van der Waals surface area contributed by atoms with Crippen molar-refractivity contribution in [1.29, 1.82) is 0 Å². The van der Waals surface area contributed by atoms with Gasteiger partial charge in [-0.1, -0.05) is 29.4 Å². The van der Waals surface area contributed by atoms with Gasteiger partial charge in [-0.3, -0.25) is 5.32 Å². The largest absolute Gasteiger partial charge is 0.444 e. The van der Waals surface area contributed by atoms with Crippen LogP contribution in [-0.4, -0.2) is 17.4 Å². The lowest BCUT2D eigenvalue weighted by Gasteiger charge is -2.19. The van der Waals surface area contributed by atoms with E-state index >= 15 is 0 Å². The van der Waals surface area contributed by atoms with E-state index in [1.165, 1.54) is 12.1 Å². The zero-order chi connectivity index (χ0) is 21.2. The van der Waals surface area contributed by atoms with Gasteiger partial charge in [-0.05, 0) is 56.2 Å². The van der Waals surface area contributed by atoms with Crippen LogP contribution in [0, 0.1) is 0 Å². The van der Waals surface area contributed by atoms with Crippen molar-refractivity contribution >= 4 is 17.5 Å². The van der Waals surface area contributed by atoms with Gasteiger partial charge in [-0.25, -0.2) is 4.79 Å². The standard InChI is InChI=1S/C21H21F3N2O3/c1-20(2,3)28-19(27)25-16-10-6-13(7-11-16)17-12-18(29-26-17)14-4-8-15(9-5-14)21(22,23)24/h4-11,18H,12H2,1-3H3,(H,25,27). The number of rotatable bonds is 3. The molecule has 1 heterocycles. The lowest BCUT2D eigenvalue weighted by atomic mass is 9.99. The van der Waals surface area contributed by atoms with Gasteiger partial charge in [0.2, 0.25) is 0 Å². The maximum atomic E-state index is 12.7. The maximum absolute atomic E-state index is 12.7. The Labute approximate surface area is 166 Å². The number of ether oxygens (including phenoxy) is 1. The molecule has 3 rings (SSSR count). The average molecular weight is 406 g/mol. The van der Waals surface area contributed by atoms with E-state index in [0.29, 0.717) is 23.4 Å². The fourth-order valence-corrected chi connectivity index (χ4v) is 2.78. The molecule has 0 saturated carbocycles. The number of hydrogen-bond acceptors (Lipinski definition) is 4. The smallest absolute Gasteiger partial charge is 0.416 e. The van der Waals surface area contributed by atoms with Crippen LogP contribution < -0.4 is 5.32 Å². The van der Waals surface area contributed by atoms with E-state index in [-0.39, 0.29) is 0 Å². The van der Waals surface area contributed by atoms with E-state index in [4.69, 9.17) is 9.57 Å². The first kappa shape index (κ1) is 20.7. The van der Waals surface area contributed by atoms with Crippen LogP contribution in [0.5, 0.6) is 0 Å². The molecule has 154 valence electrons. The Bertz CT molecular complexity index is 899. The molecule has 1 aliphatic heterocycles. The number of oxime groups is 1. The average Bonchev–Trinajstić information content (AvgIpc) is 3.10. The number of nitrogens with zero attached hydrogens (tertiary/aromatic N) is 1. The lowest BCUT2D eigenvalue weighted by Crippen LogP contribution is -2.27. The van der Waals surface area contributed by atoms with Gasteiger partial charge in [0.15, 0.2) is 6.10 Å². The second kappa shape index (κ2) is 7.77. The van der Waals surface area contributed by atoms with E-state index in [1.807, 2.05) is 0 Å². The Hall–Kier alpha value is -3.03. The highest BCUT2D eigenvalue weighted by Crippen LogP contribution is 2.33. The number of benzene rings is 2. The third-order valence-corrected chi connectivity index (χ3v) is 4.14. The predicted octanol–water partition coefficient (Wildman–Crippen LogP) is 5.92. The number of carbonyl (C=O) groups is 1. The number of nitrogens with one attached hydrogen (secondary N) is 1. The quantitative estimate of drug-likeness (QED) is 0.688. The summed E-state index contributed by atoms with van der Waals surface area (Å²) in [6.45, 7) is 5.34. The fourth-order valence-electron chi connectivity index (χ4n) is 2.78. The van der Waals surface area contributed by atoms with Gasteiger partial charge in [0.05, 0.1) is 11.3 Å². The Morgan fingerprint density at radius 3 is 2.24 bits per heavy atom. The molecular formula is C21H21F3N2O3. The van der Waals surface area contributed by atoms with Crippen LogP contribution >= 0.6 is 0 Å². The molecule has 0 bridgehead atoms. The second-order valence-corrected chi connectivity index (χ2v) is 7.66. The first-order chi connectivity index (χ1) is 13.5. The Balaban J connectivity index is 1.61. The number of alkyl halides is 3. The van der Waals surface area contributed by atoms with E-state index in [0.717, 1.165) is 17.7 Å². The summed E-state index contributed by atoms with van der Waals surface area (Å²) >= 11 is 0. The van der Waals surface area contributed by atoms with Crippen molar-refractivity contribution < 1.29 is 27.5 Å². The third-order valence-electron chi connectivity index (χ3n) is 4.14. The molecule has 29 heavy (non-hydrogen) atoms. The summed E-state index contributed by atoms with van der Waals surface area (Å²) in [4.78, 5) is 17.2. The molecule has 1 unspecified atom stereocenters. The number of halogens is 3. The number of carbonyl (C=O) groups excluding carboxylic acids is 1. The van der Waals surface area contributed by atoms with Crippen LogP contribution in [0.25, 0.3) is 0 Å². The Kier molecular flexibility index (Phi) is 5.55. The van der Waals surface area contributed by atoms with E-state index < -0.39 is 29.5 Å². The number of anilines is 1. The molecule has 1 amide bonds. The minimum Gasteiger partial charge on any atom is -0.444 e. The van der Waals surface area contributed by atoms with Crippen molar-refractivity contribution in [1.82, 2.24) is 0 Å². The molecule has 0 fully saturated rings. The zero-order valence-corrected chi connectivity index (χ0v) is 16.2. The van der Waals surface area contributed by atoms with Crippen LogP contribution in [-0.2, 0) is 15.8 Å². The first-order valence-corrected chi connectivity index (χ1v) is 9.01. The summed E-state index contributed by atoms with van der Waals surface area (Å²) in [5.41, 5.74) is 1.39. The van der Waals surface area contributed by atoms with Gasteiger partial charge in [-0.15, -0.1) is 0 Å². The first-order valence-electron chi connectivity index (χ1n) is 9.01. The zero-order valence-electron chi connectivity index (χ0n) is 16.2. The summed E-state index contributed by atoms with van der Waals surface area (Å²) in [5, 5.41) is 6.70. The van der Waals surface area contributed by atoms with Gasteiger partial charge in [0.1, 0.15) is 5.60 Å². The fraction of sp³-hybridized carbons (Fsp3) is 0.333. The van der Waals surface area contributed by atoms with Gasteiger partial charge in [0.25, 0.3) is 0 Å². The van der Waals surface area contributed by atoms with Crippen molar-refractivity contribution in [3.63, 3.8) is 0 Å². The normalized spacial score (nSPS) is 16.8. The van der Waals surface area contributed by atoms with Gasteiger partial charge in [0, 0.05) is 12.1 Å². The van der Waals surface area contributed by atoms with E-state index in [9.17, 15) is 18.0 Å². The van der Waals surface area contributed by atoms with Crippen LogP contribution in [0.1, 0.15) is 50.0 Å². The highest BCUT2D eigenvalue weighted by atomic mass is 19.4. The molecule has 0 aromatic heterocycles. The molecule has 2 aromatic rings. The van der Waals surface area contributed by atoms with Crippen molar-refractivity contribution in [2.75, 3.05) is 5.32 Å². The molecule has 0 spiro atoms. The van der Waals surface area contributed by atoms with Crippen molar-refractivity contribution in [2.24, 2.45) is 5.16 Å². The van der Waals surface area contributed by atoms with Crippen molar-refractivity contribution in [2.45, 2.75) is 45.1 Å². The molecule has 0 radical (unpaired) electrons. The highest BCUT2D eigenvalue weighted by Gasteiger charge is 2.31.